The van der Waals surface area contributed by atoms with E-state index in [2.05, 4.69) is 0 Å². The zero-order valence-electron chi connectivity index (χ0n) is 10.7. The third-order valence-electron chi connectivity index (χ3n) is 2.83. The van der Waals surface area contributed by atoms with Gasteiger partial charge in [0.05, 0.1) is 38.5 Å². The topological polar surface area (TPSA) is 52.3 Å². The van der Waals surface area contributed by atoms with Crippen LogP contribution in [-0.4, -0.2) is 12.9 Å². The zero-order chi connectivity index (χ0) is 15.7. The fourth-order valence-electron chi connectivity index (χ4n) is 1.79. The molecule has 0 saturated carbocycles. The van der Waals surface area contributed by atoms with Crippen LogP contribution >= 0.6 is 46.4 Å². The minimum atomic E-state index is -0.405. The maximum Gasteiger partial charge on any atom is 0.196 e. The quantitative estimate of drug-likeness (QED) is 0.356. The predicted octanol–water partition coefficient (Wildman–Crippen LogP) is 5.12. The number of ether oxygens (including phenoxy) is 1. The summed E-state index contributed by atoms with van der Waals surface area (Å²) in [5.41, 5.74) is 6.51. The van der Waals surface area contributed by atoms with Crippen molar-refractivity contribution in [2.24, 2.45) is 0 Å². The molecule has 0 aliphatic carbocycles. The summed E-state index contributed by atoms with van der Waals surface area (Å²) in [6, 6.07) is 6.00. The van der Waals surface area contributed by atoms with Crippen molar-refractivity contribution < 1.29 is 9.53 Å². The standard InChI is InChI=1S/C14H9Cl4NO2/c1-21-10-3-2-6(4-9(10)19)14(20)11-7(15)5-8(16)12(17)13(11)18/h2-5H,19H2,1H3. The largest absolute Gasteiger partial charge is 0.495 e. The van der Waals surface area contributed by atoms with Gasteiger partial charge in [-0.1, -0.05) is 46.4 Å². The molecule has 7 heteroatoms. The number of anilines is 1. The summed E-state index contributed by atoms with van der Waals surface area (Å²) < 4.78 is 5.04. The normalized spacial score (nSPS) is 10.5. The Morgan fingerprint density at radius 1 is 1.05 bits per heavy atom. The van der Waals surface area contributed by atoms with E-state index in [1.165, 1.54) is 19.2 Å². The van der Waals surface area contributed by atoms with Crippen LogP contribution in [0.3, 0.4) is 0 Å². The highest BCUT2D eigenvalue weighted by Crippen LogP contribution is 2.38. The number of carbonyl (C=O) groups is 1. The minimum Gasteiger partial charge on any atom is -0.495 e. The van der Waals surface area contributed by atoms with Crippen LogP contribution in [0.5, 0.6) is 5.75 Å². The second-order valence-corrected chi connectivity index (χ2v) is 5.70. The molecular weight excluding hydrogens is 356 g/mol. The third-order valence-corrected chi connectivity index (χ3v) is 4.39. The van der Waals surface area contributed by atoms with Gasteiger partial charge in [0.25, 0.3) is 0 Å². The Bertz CT molecular complexity index is 731. The highest BCUT2D eigenvalue weighted by molar-refractivity contribution is 6.51. The lowest BCUT2D eigenvalue weighted by atomic mass is 10.0. The molecule has 0 amide bonds. The summed E-state index contributed by atoms with van der Waals surface area (Å²) in [6.45, 7) is 0. The van der Waals surface area contributed by atoms with Gasteiger partial charge in [0.1, 0.15) is 5.75 Å². The first-order valence-corrected chi connectivity index (χ1v) is 7.19. The molecule has 0 bridgehead atoms. The molecule has 0 aliphatic rings. The van der Waals surface area contributed by atoms with Gasteiger partial charge in [0.15, 0.2) is 5.78 Å². The Hall–Kier alpha value is -1.13. The number of halogens is 4. The number of hydrogen-bond donors (Lipinski definition) is 1. The first-order chi connectivity index (χ1) is 9.86. The SMILES string of the molecule is COc1ccc(C(=O)c2c(Cl)cc(Cl)c(Cl)c2Cl)cc1N. The number of ketones is 1. The molecule has 0 radical (unpaired) electrons. The van der Waals surface area contributed by atoms with Crippen LogP contribution in [0.25, 0.3) is 0 Å². The van der Waals surface area contributed by atoms with E-state index in [0.717, 1.165) is 0 Å². The first kappa shape index (κ1) is 16.2. The van der Waals surface area contributed by atoms with Crippen molar-refractivity contribution in [3.8, 4) is 5.75 Å². The van der Waals surface area contributed by atoms with E-state index in [0.29, 0.717) is 17.0 Å². The molecule has 0 aliphatic heterocycles. The van der Waals surface area contributed by atoms with Gasteiger partial charge < -0.3 is 10.5 Å². The lowest BCUT2D eigenvalue weighted by Gasteiger charge is -2.11. The number of hydrogen-bond acceptors (Lipinski definition) is 3. The number of nitrogen functional groups attached to an aromatic ring is 1. The molecule has 2 N–H and O–H groups in total. The molecule has 21 heavy (non-hydrogen) atoms. The van der Waals surface area contributed by atoms with Gasteiger partial charge in [0, 0.05) is 5.56 Å². The summed E-state index contributed by atoms with van der Waals surface area (Å²) in [5, 5.41) is 0.382. The highest BCUT2D eigenvalue weighted by Gasteiger charge is 2.21. The molecule has 0 spiro atoms. The van der Waals surface area contributed by atoms with Crippen molar-refractivity contribution in [2.75, 3.05) is 12.8 Å². The summed E-state index contributed by atoms with van der Waals surface area (Å²) in [4.78, 5) is 12.5. The number of nitrogens with two attached hydrogens (primary N) is 1. The van der Waals surface area contributed by atoms with Gasteiger partial charge >= 0.3 is 0 Å². The second kappa shape index (κ2) is 6.32. The van der Waals surface area contributed by atoms with Crippen molar-refractivity contribution in [3.63, 3.8) is 0 Å². The number of carbonyl (C=O) groups excluding carboxylic acids is 1. The van der Waals surface area contributed by atoms with Crippen LogP contribution in [0, 0.1) is 0 Å². The van der Waals surface area contributed by atoms with E-state index in [4.69, 9.17) is 56.9 Å². The summed E-state index contributed by atoms with van der Waals surface area (Å²) >= 11 is 23.9. The van der Waals surface area contributed by atoms with Crippen LogP contribution in [0.15, 0.2) is 24.3 Å². The molecule has 0 unspecified atom stereocenters. The molecule has 110 valence electrons. The van der Waals surface area contributed by atoms with Crippen molar-refractivity contribution in [1.82, 2.24) is 0 Å². The van der Waals surface area contributed by atoms with Gasteiger partial charge in [-0.05, 0) is 24.3 Å². The summed E-state index contributed by atoms with van der Waals surface area (Å²) in [5.74, 6) is 0.0656. The van der Waals surface area contributed by atoms with E-state index >= 15 is 0 Å². The average molecular weight is 365 g/mol. The fourth-order valence-corrected chi connectivity index (χ4v) is 2.88. The lowest BCUT2D eigenvalue weighted by molar-refractivity contribution is 0.103. The molecule has 0 saturated heterocycles. The predicted molar refractivity (Wildman–Crippen MR) is 87.3 cm³/mol. The molecule has 2 aromatic carbocycles. The molecule has 0 aromatic heterocycles. The van der Waals surface area contributed by atoms with Crippen molar-refractivity contribution in [1.29, 1.82) is 0 Å². The first-order valence-electron chi connectivity index (χ1n) is 5.68. The van der Waals surface area contributed by atoms with Crippen LogP contribution in [0.1, 0.15) is 15.9 Å². The van der Waals surface area contributed by atoms with Crippen LogP contribution in [0.4, 0.5) is 5.69 Å². The number of benzene rings is 2. The third kappa shape index (κ3) is 3.06. The maximum absolute atomic E-state index is 12.5. The van der Waals surface area contributed by atoms with E-state index in [9.17, 15) is 4.79 Å². The fraction of sp³-hybridized carbons (Fsp3) is 0.0714. The van der Waals surface area contributed by atoms with E-state index in [-0.39, 0.29) is 25.7 Å². The van der Waals surface area contributed by atoms with Gasteiger partial charge in [-0.15, -0.1) is 0 Å². The Kier molecular flexibility index (Phi) is 4.89. The minimum absolute atomic E-state index is 0.00792. The molecule has 3 nitrogen and oxygen atoms in total. The maximum atomic E-state index is 12.5. The summed E-state index contributed by atoms with van der Waals surface area (Å²) in [6.07, 6.45) is 0. The van der Waals surface area contributed by atoms with Gasteiger partial charge in [0.2, 0.25) is 0 Å². The zero-order valence-corrected chi connectivity index (χ0v) is 13.7. The Morgan fingerprint density at radius 3 is 2.29 bits per heavy atom. The molecule has 2 rings (SSSR count). The Balaban J connectivity index is 2.55. The molecular formula is C14H9Cl4NO2. The Morgan fingerprint density at radius 2 is 1.71 bits per heavy atom. The van der Waals surface area contributed by atoms with Gasteiger partial charge in [-0.25, -0.2) is 0 Å². The molecule has 0 atom stereocenters. The van der Waals surface area contributed by atoms with Gasteiger partial charge in [-0.2, -0.15) is 0 Å². The van der Waals surface area contributed by atoms with Crippen LogP contribution in [-0.2, 0) is 0 Å². The molecule has 2 aromatic rings. The Labute approximate surface area is 141 Å². The monoisotopic (exact) mass is 363 g/mol. The smallest absolute Gasteiger partial charge is 0.196 e. The van der Waals surface area contributed by atoms with E-state index in [1.807, 2.05) is 0 Å². The molecule has 0 fully saturated rings. The van der Waals surface area contributed by atoms with Crippen LogP contribution < -0.4 is 10.5 Å². The van der Waals surface area contributed by atoms with Crippen LogP contribution in [0.2, 0.25) is 20.1 Å². The average Bonchev–Trinajstić information content (AvgIpc) is 2.44. The lowest BCUT2D eigenvalue weighted by Crippen LogP contribution is -2.05. The van der Waals surface area contributed by atoms with Crippen molar-refractivity contribution in [2.45, 2.75) is 0 Å². The number of methoxy groups -OCH3 is 1. The van der Waals surface area contributed by atoms with Gasteiger partial charge in [-0.3, -0.25) is 4.79 Å². The summed E-state index contributed by atoms with van der Waals surface area (Å²) in [7, 11) is 1.49. The van der Waals surface area contributed by atoms with E-state index in [1.54, 1.807) is 12.1 Å². The van der Waals surface area contributed by atoms with E-state index < -0.39 is 5.78 Å². The second-order valence-electron chi connectivity index (χ2n) is 4.13. The van der Waals surface area contributed by atoms with Crippen molar-refractivity contribution in [3.05, 3.63) is 55.5 Å². The number of rotatable bonds is 3. The van der Waals surface area contributed by atoms with Crippen molar-refractivity contribution >= 4 is 57.9 Å². The highest BCUT2D eigenvalue weighted by atomic mass is 35.5. The molecule has 0 heterocycles.